The third kappa shape index (κ3) is 8.01. The molecular weight excluding hydrogens is 542 g/mol. The Kier molecular flexibility index (Phi) is 9.66. The van der Waals surface area contributed by atoms with Crippen molar-refractivity contribution in [2.75, 3.05) is 17.1 Å². The van der Waals surface area contributed by atoms with E-state index in [0.717, 1.165) is 29.4 Å². The van der Waals surface area contributed by atoms with E-state index in [0.29, 0.717) is 15.9 Å². The number of carbonyl (C=O) groups is 2. The van der Waals surface area contributed by atoms with Crippen LogP contribution >= 0.6 is 23.2 Å². The molecule has 36 heavy (non-hydrogen) atoms. The van der Waals surface area contributed by atoms with Gasteiger partial charge in [-0.2, -0.15) is 13.2 Å². The summed E-state index contributed by atoms with van der Waals surface area (Å²) in [6.07, 6.45) is -3.94. The number of nitrogens with one attached hydrogen (secondary N) is 1. The van der Waals surface area contributed by atoms with Gasteiger partial charge in [0, 0.05) is 12.6 Å². The van der Waals surface area contributed by atoms with E-state index in [1.165, 1.54) is 19.1 Å². The lowest BCUT2D eigenvalue weighted by Crippen LogP contribution is -2.52. The fourth-order valence-corrected chi connectivity index (χ4v) is 4.44. The van der Waals surface area contributed by atoms with Crippen molar-refractivity contribution in [3.05, 3.63) is 63.6 Å². The van der Waals surface area contributed by atoms with Gasteiger partial charge in [0.05, 0.1) is 27.6 Å². The number of hydrogen-bond acceptors (Lipinski definition) is 4. The minimum absolute atomic E-state index is 0.136. The molecule has 0 spiro atoms. The SMILES string of the molecule is CC(C)NC(=O)C(C)N(Cc1ccc(Cl)c(Cl)c1)C(=O)CN(c1cccc(C(F)(F)F)c1)S(C)(=O)=O. The molecule has 0 fully saturated rings. The zero-order valence-corrected chi connectivity index (χ0v) is 22.3. The van der Waals surface area contributed by atoms with E-state index >= 15 is 0 Å². The van der Waals surface area contributed by atoms with Crippen molar-refractivity contribution >= 4 is 50.7 Å². The summed E-state index contributed by atoms with van der Waals surface area (Å²) in [5.41, 5.74) is -0.903. The predicted octanol–water partition coefficient (Wildman–Crippen LogP) is 4.72. The van der Waals surface area contributed by atoms with E-state index in [9.17, 15) is 31.2 Å². The maximum absolute atomic E-state index is 13.4. The maximum Gasteiger partial charge on any atom is 0.416 e. The minimum atomic E-state index is -4.72. The van der Waals surface area contributed by atoms with Crippen molar-refractivity contribution < 1.29 is 31.2 Å². The van der Waals surface area contributed by atoms with Gasteiger partial charge in [-0.1, -0.05) is 35.3 Å². The van der Waals surface area contributed by atoms with Gasteiger partial charge in [-0.05, 0) is 56.7 Å². The van der Waals surface area contributed by atoms with Crippen LogP contribution in [0.3, 0.4) is 0 Å². The molecule has 0 bridgehead atoms. The molecule has 0 radical (unpaired) electrons. The van der Waals surface area contributed by atoms with E-state index < -0.39 is 46.2 Å². The molecule has 198 valence electrons. The Bertz CT molecular complexity index is 1220. The number of hydrogen-bond donors (Lipinski definition) is 1. The molecule has 2 aromatic rings. The van der Waals surface area contributed by atoms with E-state index in [2.05, 4.69) is 5.32 Å². The lowest BCUT2D eigenvalue weighted by Gasteiger charge is -2.32. The first kappa shape index (κ1) is 29.7. The molecule has 0 saturated carbocycles. The van der Waals surface area contributed by atoms with Gasteiger partial charge < -0.3 is 10.2 Å². The van der Waals surface area contributed by atoms with Crippen LogP contribution in [0.5, 0.6) is 0 Å². The molecule has 0 heterocycles. The normalized spacial score (nSPS) is 12.8. The number of nitrogens with zero attached hydrogens (tertiary/aromatic N) is 2. The molecule has 2 rings (SSSR count). The predicted molar refractivity (Wildman–Crippen MR) is 133 cm³/mol. The summed E-state index contributed by atoms with van der Waals surface area (Å²) in [5.74, 6) is -1.31. The average molecular weight is 568 g/mol. The molecule has 0 aromatic heterocycles. The number of carbonyl (C=O) groups excluding carboxylic acids is 2. The van der Waals surface area contributed by atoms with Crippen molar-refractivity contribution in [3.63, 3.8) is 0 Å². The number of alkyl halides is 3. The largest absolute Gasteiger partial charge is 0.416 e. The number of halogens is 5. The molecule has 1 N–H and O–H groups in total. The van der Waals surface area contributed by atoms with Crippen LogP contribution in [0.15, 0.2) is 42.5 Å². The van der Waals surface area contributed by atoms with Crippen LogP contribution in [-0.2, 0) is 32.3 Å². The second kappa shape index (κ2) is 11.7. The first-order chi connectivity index (χ1) is 16.5. The summed E-state index contributed by atoms with van der Waals surface area (Å²) in [6, 6.07) is 6.95. The summed E-state index contributed by atoms with van der Waals surface area (Å²) in [5, 5.41) is 3.17. The average Bonchev–Trinajstić information content (AvgIpc) is 2.75. The maximum atomic E-state index is 13.4. The highest BCUT2D eigenvalue weighted by molar-refractivity contribution is 7.92. The Balaban J connectivity index is 2.46. The standard InChI is InChI=1S/C23H26Cl2F3N3O4S/c1-14(2)29-22(33)15(3)30(12-16-8-9-19(24)20(25)10-16)21(32)13-31(36(4,34)35)18-7-5-6-17(11-18)23(26,27)28/h5-11,14-15H,12-13H2,1-4H3,(H,29,33). The molecule has 1 unspecified atom stereocenters. The molecule has 0 aliphatic rings. The number of sulfonamides is 1. The highest BCUT2D eigenvalue weighted by Gasteiger charge is 2.33. The molecule has 2 aromatic carbocycles. The molecule has 0 aliphatic heterocycles. The Morgan fingerprint density at radius 3 is 2.19 bits per heavy atom. The number of rotatable bonds is 9. The molecule has 7 nitrogen and oxygen atoms in total. The fourth-order valence-electron chi connectivity index (χ4n) is 3.27. The number of anilines is 1. The van der Waals surface area contributed by atoms with Crippen LogP contribution < -0.4 is 9.62 Å². The summed E-state index contributed by atoms with van der Waals surface area (Å²) in [4.78, 5) is 27.2. The Labute approximate surface area is 218 Å². The van der Waals surface area contributed by atoms with Gasteiger partial charge in [-0.25, -0.2) is 8.42 Å². The molecule has 0 aliphatic carbocycles. The van der Waals surface area contributed by atoms with Crippen molar-refractivity contribution in [1.29, 1.82) is 0 Å². The van der Waals surface area contributed by atoms with Crippen LogP contribution in [0.25, 0.3) is 0 Å². The number of benzene rings is 2. The monoisotopic (exact) mass is 567 g/mol. The van der Waals surface area contributed by atoms with Gasteiger partial charge in [0.2, 0.25) is 21.8 Å². The van der Waals surface area contributed by atoms with E-state index in [1.807, 2.05) is 0 Å². The quantitative estimate of drug-likeness (QED) is 0.475. The fraction of sp³-hybridized carbons (Fsp3) is 0.391. The Morgan fingerprint density at radius 1 is 1.03 bits per heavy atom. The van der Waals surface area contributed by atoms with Gasteiger partial charge in [0.1, 0.15) is 12.6 Å². The number of amides is 2. The van der Waals surface area contributed by atoms with Gasteiger partial charge >= 0.3 is 6.18 Å². The van der Waals surface area contributed by atoms with Crippen molar-refractivity contribution in [2.45, 2.75) is 45.6 Å². The molecule has 1 atom stereocenters. The van der Waals surface area contributed by atoms with Gasteiger partial charge in [-0.3, -0.25) is 13.9 Å². The third-order valence-corrected chi connectivity index (χ3v) is 6.96. The van der Waals surface area contributed by atoms with Gasteiger partial charge in [-0.15, -0.1) is 0 Å². The Hall–Kier alpha value is -2.50. The van der Waals surface area contributed by atoms with E-state index in [1.54, 1.807) is 19.9 Å². The summed E-state index contributed by atoms with van der Waals surface area (Å²) >= 11 is 12.0. The first-order valence-electron chi connectivity index (χ1n) is 10.7. The Morgan fingerprint density at radius 2 is 1.67 bits per heavy atom. The molecule has 13 heteroatoms. The van der Waals surface area contributed by atoms with Crippen LogP contribution in [0.1, 0.15) is 31.9 Å². The molecule has 2 amide bonds. The van der Waals surface area contributed by atoms with Gasteiger partial charge in [0.15, 0.2) is 0 Å². The van der Waals surface area contributed by atoms with Crippen molar-refractivity contribution in [2.24, 2.45) is 0 Å². The lowest BCUT2D eigenvalue weighted by atomic mass is 10.1. The first-order valence-corrected chi connectivity index (χ1v) is 13.3. The zero-order valence-electron chi connectivity index (χ0n) is 19.9. The van der Waals surface area contributed by atoms with Crippen LogP contribution in [0, 0.1) is 0 Å². The van der Waals surface area contributed by atoms with E-state index in [-0.39, 0.29) is 28.3 Å². The highest BCUT2D eigenvalue weighted by atomic mass is 35.5. The van der Waals surface area contributed by atoms with Gasteiger partial charge in [0.25, 0.3) is 0 Å². The van der Waals surface area contributed by atoms with Crippen LogP contribution in [0.2, 0.25) is 10.0 Å². The molecular formula is C23H26Cl2F3N3O4S. The smallest absolute Gasteiger partial charge is 0.352 e. The van der Waals surface area contributed by atoms with Crippen LogP contribution in [0.4, 0.5) is 18.9 Å². The lowest BCUT2D eigenvalue weighted by molar-refractivity contribution is -0.139. The van der Waals surface area contributed by atoms with Crippen molar-refractivity contribution in [3.8, 4) is 0 Å². The minimum Gasteiger partial charge on any atom is -0.352 e. The second-order valence-electron chi connectivity index (χ2n) is 8.43. The highest BCUT2D eigenvalue weighted by Crippen LogP contribution is 2.32. The zero-order chi connectivity index (χ0) is 27.4. The summed E-state index contributed by atoms with van der Waals surface area (Å²) in [6.45, 7) is 3.95. The second-order valence-corrected chi connectivity index (χ2v) is 11.1. The van der Waals surface area contributed by atoms with E-state index in [4.69, 9.17) is 23.2 Å². The summed E-state index contributed by atoms with van der Waals surface area (Å²) in [7, 11) is -4.18. The van der Waals surface area contributed by atoms with Crippen molar-refractivity contribution in [1.82, 2.24) is 10.2 Å². The third-order valence-electron chi connectivity index (χ3n) is 5.08. The topological polar surface area (TPSA) is 86.8 Å². The molecule has 0 saturated heterocycles. The van der Waals surface area contributed by atoms with Crippen LogP contribution in [-0.4, -0.2) is 50.0 Å². The summed E-state index contributed by atoms with van der Waals surface area (Å²) < 4.78 is 65.2.